The molecule has 0 bridgehead atoms. The van der Waals surface area contributed by atoms with Crippen molar-refractivity contribution in [2.24, 2.45) is 0 Å². The van der Waals surface area contributed by atoms with E-state index in [4.69, 9.17) is 23.7 Å². The molecule has 1 spiro atoms. The molecule has 2 aromatic rings. The highest BCUT2D eigenvalue weighted by atomic mass is 16.7. The van der Waals surface area contributed by atoms with E-state index in [9.17, 15) is 4.79 Å². The Morgan fingerprint density at radius 2 is 1.66 bits per heavy atom. The fourth-order valence-electron chi connectivity index (χ4n) is 5.61. The maximum Gasteiger partial charge on any atom is 0.343 e. The molecule has 202 valence electrons. The third-order valence-corrected chi connectivity index (χ3v) is 7.88. The lowest BCUT2D eigenvalue weighted by atomic mass is 9.68. The van der Waals surface area contributed by atoms with E-state index < -0.39 is 11.8 Å². The predicted octanol–water partition coefficient (Wildman–Crippen LogP) is 5.18. The van der Waals surface area contributed by atoms with Gasteiger partial charge >= 0.3 is 5.97 Å². The Morgan fingerprint density at radius 3 is 2.32 bits per heavy atom. The first-order valence-corrected chi connectivity index (χ1v) is 13.5. The van der Waals surface area contributed by atoms with Crippen LogP contribution in [-0.2, 0) is 24.4 Å². The zero-order chi connectivity index (χ0) is 26.4. The second-order valence-corrected chi connectivity index (χ2v) is 10.2. The molecule has 2 aliphatic carbocycles. The van der Waals surface area contributed by atoms with E-state index in [0.29, 0.717) is 19.0 Å². The van der Waals surface area contributed by atoms with E-state index in [1.54, 1.807) is 7.11 Å². The number of carbonyl (C=O) groups excluding carboxylic acids is 1. The summed E-state index contributed by atoms with van der Waals surface area (Å²) in [4.78, 5) is 11.3. The van der Waals surface area contributed by atoms with Crippen molar-refractivity contribution in [3.8, 4) is 29.1 Å². The largest absolute Gasteiger partial charge is 0.493 e. The number of rotatable bonds is 7. The zero-order valence-corrected chi connectivity index (χ0v) is 22.3. The van der Waals surface area contributed by atoms with E-state index in [1.807, 2.05) is 30.3 Å². The van der Waals surface area contributed by atoms with Crippen molar-refractivity contribution in [3.05, 3.63) is 53.6 Å². The van der Waals surface area contributed by atoms with Crippen LogP contribution in [0.15, 0.2) is 42.5 Å². The molecule has 0 amide bonds. The summed E-state index contributed by atoms with van der Waals surface area (Å²) >= 11 is 0. The van der Waals surface area contributed by atoms with E-state index >= 15 is 0 Å². The van der Waals surface area contributed by atoms with Crippen molar-refractivity contribution in [1.82, 2.24) is 0 Å². The van der Waals surface area contributed by atoms with Crippen molar-refractivity contribution in [2.45, 2.75) is 68.7 Å². The minimum Gasteiger partial charge on any atom is -0.493 e. The summed E-state index contributed by atoms with van der Waals surface area (Å²) in [5.74, 6) is 8.27. The number of hydrogen-bond acceptors (Lipinski definition) is 7. The summed E-state index contributed by atoms with van der Waals surface area (Å²) in [6.45, 7) is 1.16. The number of hydrogen-bond donors (Lipinski definition) is 0. The molecule has 7 heteroatoms. The summed E-state index contributed by atoms with van der Waals surface area (Å²) in [5, 5.41) is 0. The topological polar surface area (TPSA) is 72.5 Å². The quantitative estimate of drug-likeness (QED) is 0.368. The average Bonchev–Trinajstić information content (AvgIpc) is 3.65. The second kappa shape index (κ2) is 11.7. The predicted molar refractivity (Wildman–Crippen MR) is 141 cm³/mol. The monoisotopic (exact) mass is 520 g/mol. The van der Waals surface area contributed by atoms with E-state index in [2.05, 4.69) is 28.7 Å². The van der Waals surface area contributed by atoms with Gasteiger partial charge in [-0.05, 0) is 80.5 Å². The smallest absolute Gasteiger partial charge is 0.343 e. The van der Waals surface area contributed by atoms with Gasteiger partial charge in [-0.2, -0.15) is 0 Å². The van der Waals surface area contributed by atoms with Gasteiger partial charge in [-0.3, -0.25) is 0 Å². The molecule has 3 aliphatic rings. The summed E-state index contributed by atoms with van der Waals surface area (Å²) in [6.07, 6.45) is 8.00. The van der Waals surface area contributed by atoms with Gasteiger partial charge in [-0.15, -0.1) is 0 Å². The first kappa shape index (κ1) is 26.4. The minimum absolute atomic E-state index is 0.126. The lowest BCUT2D eigenvalue weighted by molar-refractivity contribution is -0.182. The lowest BCUT2D eigenvalue weighted by Gasteiger charge is -2.41. The van der Waals surface area contributed by atoms with Gasteiger partial charge in [0.15, 0.2) is 23.9 Å². The number of esters is 1. The van der Waals surface area contributed by atoms with E-state index in [-0.39, 0.29) is 18.1 Å². The Morgan fingerprint density at radius 1 is 0.947 bits per heavy atom. The molecule has 1 heterocycles. The minimum atomic E-state index is -0.487. The maximum atomic E-state index is 11.3. The Bertz CT molecular complexity index is 1150. The lowest BCUT2D eigenvalue weighted by Crippen LogP contribution is -2.41. The van der Waals surface area contributed by atoms with Crippen LogP contribution in [0.5, 0.6) is 17.2 Å². The van der Waals surface area contributed by atoms with Gasteiger partial charge in [0.2, 0.25) is 0 Å². The molecule has 0 N–H and O–H groups in total. The standard InChI is InChI=1S/C31H36O7/c1-33-27-12-9-24(21-28(27)38-26-5-3-4-6-26)30(15-17-31(18-16-30)36-19-20-37-31)14-13-23-7-10-25(11-8-23)35-22-29(32)34-2/h7-12,21,26H,3-6,15-20,22H2,1-2H3. The van der Waals surface area contributed by atoms with Crippen molar-refractivity contribution in [3.63, 3.8) is 0 Å². The fourth-order valence-corrected chi connectivity index (χ4v) is 5.61. The summed E-state index contributed by atoms with van der Waals surface area (Å²) in [5.41, 5.74) is 1.63. The van der Waals surface area contributed by atoms with Crippen LogP contribution in [0.4, 0.5) is 0 Å². The number of benzene rings is 2. The van der Waals surface area contributed by atoms with Gasteiger partial charge in [-0.25, -0.2) is 4.79 Å². The van der Waals surface area contributed by atoms with Gasteiger partial charge in [0.05, 0.1) is 39.0 Å². The van der Waals surface area contributed by atoms with Gasteiger partial charge in [0.1, 0.15) is 5.75 Å². The molecule has 1 saturated heterocycles. The summed E-state index contributed by atoms with van der Waals surface area (Å²) in [6, 6.07) is 13.7. The highest BCUT2D eigenvalue weighted by molar-refractivity contribution is 5.70. The molecular weight excluding hydrogens is 484 g/mol. The second-order valence-electron chi connectivity index (χ2n) is 10.2. The Balaban J connectivity index is 1.42. The van der Waals surface area contributed by atoms with Gasteiger partial charge in [0, 0.05) is 18.4 Å². The highest BCUT2D eigenvalue weighted by Gasteiger charge is 2.46. The van der Waals surface area contributed by atoms with Gasteiger partial charge < -0.3 is 28.4 Å². The zero-order valence-electron chi connectivity index (χ0n) is 22.3. The van der Waals surface area contributed by atoms with Crippen LogP contribution in [0.3, 0.4) is 0 Å². The summed E-state index contributed by atoms with van der Waals surface area (Å²) in [7, 11) is 3.02. The van der Waals surface area contributed by atoms with Crippen LogP contribution < -0.4 is 14.2 Å². The molecule has 38 heavy (non-hydrogen) atoms. The third-order valence-electron chi connectivity index (χ3n) is 7.88. The molecule has 2 saturated carbocycles. The van der Waals surface area contributed by atoms with E-state index in [0.717, 1.165) is 61.2 Å². The van der Waals surface area contributed by atoms with Gasteiger partial charge in [-0.1, -0.05) is 17.9 Å². The molecule has 0 atom stereocenters. The number of methoxy groups -OCH3 is 2. The molecule has 0 aromatic heterocycles. The van der Waals surface area contributed by atoms with Crippen LogP contribution in [-0.4, -0.2) is 51.9 Å². The van der Waals surface area contributed by atoms with Crippen LogP contribution in [0, 0.1) is 11.8 Å². The maximum absolute atomic E-state index is 11.3. The molecule has 1 aliphatic heterocycles. The SMILES string of the molecule is COC(=O)COc1ccc(C#CC2(c3ccc(OC)c(OC4CCCC4)c3)CCC3(CC2)OCCO3)cc1. The molecule has 7 nitrogen and oxygen atoms in total. The number of carbonyl (C=O) groups is 1. The van der Waals surface area contributed by atoms with Crippen LogP contribution in [0.2, 0.25) is 0 Å². The summed E-state index contributed by atoms with van der Waals surface area (Å²) < 4.78 is 34.2. The van der Waals surface area contributed by atoms with Gasteiger partial charge in [0.25, 0.3) is 0 Å². The van der Waals surface area contributed by atoms with Crippen molar-refractivity contribution in [1.29, 1.82) is 0 Å². The normalized spacial score (nSPS) is 19.9. The molecule has 3 fully saturated rings. The van der Waals surface area contributed by atoms with E-state index in [1.165, 1.54) is 20.0 Å². The number of ether oxygens (including phenoxy) is 6. The van der Waals surface area contributed by atoms with Crippen LogP contribution in [0.1, 0.15) is 62.5 Å². The molecular formula is C31H36O7. The third kappa shape index (κ3) is 5.92. The first-order valence-electron chi connectivity index (χ1n) is 13.5. The molecule has 5 rings (SSSR count). The fraction of sp³-hybridized carbons (Fsp3) is 0.516. The Hall–Kier alpha value is -3.21. The molecule has 0 unspecified atom stereocenters. The Labute approximate surface area is 224 Å². The first-order chi connectivity index (χ1) is 18.5. The van der Waals surface area contributed by atoms with Crippen LogP contribution >= 0.6 is 0 Å². The van der Waals surface area contributed by atoms with Crippen LogP contribution in [0.25, 0.3) is 0 Å². The van der Waals surface area contributed by atoms with Crippen molar-refractivity contribution in [2.75, 3.05) is 34.0 Å². The van der Waals surface area contributed by atoms with Crippen molar-refractivity contribution >= 4 is 5.97 Å². The molecule has 0 radical (unpaired) electrons. The molecule has 2 aromatic carbocycles. The highest BCUT2D eigenvalue weighted by Crippen LogP contribution is 2.48. The van der Waals surface area contributed by atoms with Crippen molar-refractivity contribution < 1.29 is 33.2 Å². The Kier molecular flexibility index (Phi) is 8.11. The average molecular weight is 521 g/mol.